The number of nitrogens with zero attached hydrogens (tertiary/aromatic N) is 2. The molecule has 0 spiro atoms. The number of amides is 1. The minimum atomic E-state index is -3.84. The number of rotatable bonds is 6. The predicted octanol–water partition coefficient (Wildman–Crippen LogP) is 1.09. The van der Waals surface area contributed by atoms with E-state index in [-0.39, 0.29) is 13.0 Å². The van der Waals surface area contributed by atoms with Gasteiger partial charge in [-0.2, -0.15) is 5.26 Å². The number of aryl methyl sites for hydroxylation is 1. The molecule has 0 radical (unpaired) electrons. The zero-order valence-corrected chi connectivity index (χ0v) is 15.7. The Morgan fingerprint density at radius 2 is 2.00 bits per heavy atom. The maximum atomic E-state index is 12.4. The van der Waals surface area contributed by atoms with Crippen molar-refractivity contribution in [2.24, 2.45) is 0 Å². The molecule has 1 atom stereocenters. The standard InChI is InChI=1S/C18H19N3O5S/c1-18(17(23)20-24,27(2,25)26)8-10-21-9-7-13(11-16(21)22)15-6-4-3-5-14(15)12-19/h3-7,9,11,24H,8,10H2,1-2H3,(H,20,23). The number of hydroxylamine groups is 1. The molecule has 9 heteroatoms. The van der Waals surface area contributed by atoms with Gasteiger partial charge in [-0.05, 0) is 36.6 Å². The van der Waals surface area contributed by atoms with Crippen molar-refractivity contribution in [3.8, 4) is 17.2 Å². The van der Waals surface area contributed by atoms with Gasteiger partial charge in [0.1, 0.15) is 0 Å². The van der Waals surface area contributed by atoms with Crippen LogP contribution in [0.15, 0.2) is 47.4 Å². The fourth-order valence-corrected chi connectivity index (χ4v) is 3.46. The number of nitrogens with one attached hydrogen (secondary N) is 1. The molecule has 0 aliphatic rings. The Morgan fingerprint density at radius 1 is 1.33 bits per heavy atom. The summed E-state index contributed by atoms with van der Waals surface area (Å²) >= 11 is 0. The molecule has 2 aromatic rings. The lowest BCUT2D eigenvalue weighted by atomic mass is 10.0. The van der Waals surface area contributed by atoms with E-state index in [4.69, 9.17) is 5.21 Å². The van der Waals surface area contributed by atoms with Crippen LogP contribution in [0.1, 0.15) is 18.9 Å². The predicted molar refractivity (Wildman–Crippen MR) is 98.6 cm³/mol. The van der Waals surface area contributed by atoms with Gasteiger partial charge in [0.05, 0.1) is 11.6 Å². The number of sulfone groups is 1. The maximum Gasteiger partial charge on any atom is 0.264 e. The van der Waals surface area contributed by atoms with E-state index in [9.17, 15) is 23.3 Å². The molecule has 0 saturated carbocycles. The second kappa shape index (κ2) is 7.73. The van der Waals surface area contributed by atoms with Crippen LogP contribution in [0, 0.1) is 11.3 Å². The van der Waals surface area contributed by atoms with Crippen molar-refractivity contribution in [3.05, 3.63) is 58.5 Å². The van der Waals surface area contributed by atoms with E-state index < -0.39 is 26.1 Å². The molecule has 0 bridgehead atoms. The molecule has 1 aromatic heterocycles. The van der Waals surface area contributed by atoms with Crippen molar-refractivity contribution >= 4 is 15.7 Å². The summed E-state index contributed by atoms with van der Waals surface area (Å²) in [6, 6.07) is 11.9. The second-order valence-corrected chi connectivity index (χ2v) is 8.74. The highest BCUT2D eigenvalue weighted by Gasteiger charge is 2.43. The summed E-state index contributed by atoms with van der Waals surface area (Å²) in [4.78, 5) is 24.2. The van der Waals surface area contributed by atoms with Crippen LogP contribution in [0.2, 0.25) is 0 Å². The Labute approximate surface area is 156 Å². The van der Waals surface area contributed by atoms with Gasteiger partial charge in [-0.15, -0.1) is 0 Å². The third-order valence-electron chi connectivity index (χ3n) is 4.58. The molecular formula is C18H19N3O5S. The van der Waals surface area contributed by atoms with Crippen LogP contribution in [0.5, 0.6) is 0 Å². The van der Waals surface area contributed by atoms with Gasteiger partial charge in [0.2, 0.25) is 0 Å². The molecule has 1 unspecified atom stereocenters. The fraction of sp³-hybridized carbons (Fsp3) is 0.278. The summed E-state index contributed by atoms with van der Waals surface area (Å²) < 4.78 is 23.3. The highest BCUT2D eigenvalue weighted by molar-refractivity contribution is 7.92. The smallest absolute Gasteiger partial charge is 0.264 e. The molecule has 1 aromatic carbocycles. The van der Waals surface area contributed by atoms with Gasteiger partial charge >= 0.3 is 0 Å². The van der Waals surface area contributed by atoms with Crippen LogP contribution >= 0.6 is 0 Å². The quantitative estimate of drug-likeness (QED) is 0.562. The lowest BCUT2D eigenvalue weighted by Gasteiger charge is -2.25. The molecule has 0 aliphatic carbocycles. The largest absolute Gasteiger partial charge is 0.315 e. The Morgan fingerprint density at radius 3 is 2.56 bits per heavy atom. The number of hydrogen-bond donors (Lipinski definition) is 2. The zero-order chi connectivity index (χ0) is 20.2. The maximum absolute atomic E-state index is 12.4. The summed E-state index contributed by atoms with van der Waals surface area (Å²) in [5, 5.41) is 18.0. The highest BCUT2D eigenvalue weighted by atomic mass is 32.2. The van der Waals surface area contributed by atoms with Crippen molar-refractivity contribution in [1.82, 2.24) is 10.0 Å². The van der Waals surface area contributed by atoms with E-state index in [1.165, 1.54) is 29.2 Å². The molecular weight excluding hydrogens is 370 g/mol. The molecule has 0 fully saturated rings. The summed E-state index contributed by atoms with van der Waals surface area (Å²) in [5.74, 6) is -1.06. The summed E-state index contributed by atoms with van der Waals surface area (Å²) in [5.41, 5.74) is 2.58. The van der Waals surface area contributed by atoms with Crippen LogP contribution in [-0.4, -0.2) is 35.1 Å². The SMILES string of the molecule is CC(CCn1ccc(-c2ccccc2C#N)cc1=O)(C(=O)NO)S(C)(=O)=O. The van der Waals surface area contributed by atoms with Gasteiger partial charge in [-0.3, -0.25) is 14.8 Å². The Kier molecular flexibility index (Phi) is 5.83. The molecule has 0 aliphatic heterocycles. The van der Waals surface area contributed by atoms with E-state index in [1.807, 2.05) is 0 Å². The molecule has 1 amide bonds. The van der Waals surface area contributed by atoms with E-state index in [0.29, 0.717) is 16.7 Å². The van der Waals surface area contributed by atoms with Crippen molar-refractivity contribution < 1.29 is 18.4 Å². The molecule has 27 heavy (non-hydrogen) atoms. The summed E-state index contributed by atoms with van der Waals surface area (Å²) in [6.07, 6.45) is 2.17. The van der Waals surface area contributed by atoms with Gasteiger partial charge in [-0.25, -0.2) is 13.9 Å². The van der Waals surface area contributed by atoms with Gasteiger partial charge in [0.25, 0.3) is 11.5 Å². The van der Waals surface area contributed by atoms with E-state index in [1.54, 1.807) is 30.3 Å². The zero-order valence-electron chi connectivity index (χ0n) is 14.8. The lowest BCUT2D eigenvalue weighted by molar-refractivity contribution is -0.131. The Balaban J connectivity index is 2.33. The van der Waals surface area contributed by atoms with E-state index >= 15 is 0 Å². The number of aromatic nitrogens is 1. The first-order valence-electron chi connectivity index (χ1n) is 7.98. The Bertz CT molecular complexity index is 1070. The first-order chi connectivity index (χ1) is 12.6. The first kappa shape index (κ1) is 20.4. The molecule has 0 saturated heterocycles. The number of nitriles is 1. The van der Waals surface area contributed by atoms with Crippen molar-refractivity contribution in [2.75, 3.05) is 6.26 Å². The van der Waals surface area contributed by atoms with E-state index in [2.05, 4.69) is 6.07 Å². The van der Waals surface area contributed by atoms with Gasteiger partial charge < -0.3 is 4.57 Å². The fourth-order valence-electron chi connectivity index (χ4n) is 2.61. The van der Waals surface area contributed by atoms with Crippen molar-refractivity contribution in [1.29, 1.82) is 5.26 Å². The number of carbonyl (C=O) groups is 1. The van der Waals surface area contributed by atoms with Crippen molar-refractivity contribution in [2.45, 2.75) is 24.6 Å². The average Bonchev–Trinajstić information content (AvgIpc) is 2.65. The highest BCUT2D eigenvalue weighted by Crippen LogP contribution is 2.23. The summed E-state index contributed by atoms with van der Waals surface area (Å²) in [6.45, 7) is 1.15. The molecule has 2 rings (SSSR count). The van der Waals surface area contributed by atoms with Crippen molar-refractivity contribution in [3.63, 3.8) is 0 Å². The Hall–Kier alpha value is -2.96. The van der Waals surface area contributed by atoms with Gasteiger partial charge in [-0.1, -0.05) is 18.2 Å². The van der Waals surface area contributed by atoms with Crippen LogP contribution in [0.3, 0.4) is 0 Å². The number of hydrogen-bond acceptors (Lipinski definition) is 6. The topological polar surface area (TPSA) is 129 Å². The minimum Gasteiger partial charge on any atom is -0.315 e. The first-order valence-corrected chi connectivity index (χ1v) is 9.87. The molecule has 1 heterocycles. The average molecular weight is 389 g/mol. The van der Waals surface area contributed by atoms with Crippen LogP contribution < -0.4 is 11.0 Å². The second-order valence-electron chi connectivity index (χ2n) is 6.30. The monoisotopic (exact) mass is 389 g/mol. The van der Waals surface area contributed by atoms with Gasteiger partial charge in [0.15, 0.2) is 14.6 Å². The van der Waals surface area contributed by atoms with E-state index in [0.717, 1.165) is 6.26 Å². The van der Waals surface area contributed by atoms with Crippen LogP contribution in [0.25, 0.3) is 11.1 Å². The normalized spacial score (nSPS) is 13.4. The lowest BCUT2D eigenvalue weighted by Crippen LogP contribution is -2.49. The van der Waals surface area contributed by atoms with Crippen LogP contribution in [-0.2, 0) is 21.2 Å². The third-order valence-corrected chi connectivity index (χ3v) is 6.61. The van der Waals surface area contributed by atoms with Crippen LogP contribution in [0.4, 0.5) is 0 Å². The molecule has 2 N–H and O–H groups in total. The number of benzene rings is 1. The molecule has 142 valence electrons. The molecule has 8 nitrogen and oxygen atoms in total. The van der Waals surface area contributed by atoms with Gasteiger partial charge in [0, 0.05) is 25.1 Å². The number of carbonyl (C=O) groups excluding carboxylic acids is 1. The summed E-state index contributed by atoms with van der Waals surface area (Å²) in [7, 11) is -3.84. The number of pyridine rings is 1. The minimum absolute atomic E-state index is 0.0456. The third kappa shape index (κ3) is 4.07.